The summed E-state index contributed by atoms with van der Waals surface area (Å²) < 4.78 is 1.14. The number of hydrogen-bond donors (Lipinski definition) is 1. The number of anilines is 1. The fourth-order valence-corrected chi connectivity index (χ4v) is 3.29. The van der Waals surface area contributed by atoms with Crippen molar-refractivity contribution in [1.29, 1.82) is 0 Å². The molecule has 2 aromatic rings. The second-order valence-corrected chi connectivity index (χ2v) is 7.14. The van der Waals surface area contributed by atoms with E-state index >= 15 is 0 Å². The van der Waals surface area contributed by atoms with Gasteiger partial charge in [0.1, 0.15) is 5.82 Å². The van der Waals surface area contributed by atoms with Gasteiger partial charge >= 0.3 is 0 Å². The molecule has 20 heavy (non-hydrogen) atoms. The van der Waals surface area contributed by atoms with Gasteiger partial charge in [0.25, 0.3) is 0 Å². The Morgan fingerprint density at radius 2 is 2.10 bits per heavy atom. The number of aliphatic hydroxyl groups excluding tert-OH is 1. The standard InChI is InChI=1S/C15H19BrN2OS/c1-3-4-13-5-11(9-19)7-15(17-13)18(2)8-12-6-14(16)20-10-12/h5-7,10,19H,3-4,8-9H2,1-2H3. The molecule has 2 rings (SSSR count). The van der Waals surface area contributed by atoms with Crippen molar-refractivity contribution < 1.29 is 5.11 Å². The predicted molar refractivity (Wildman–Crippen MR) is 88.3 cm³/mol. The van der Waals surface area contributed by atoms with Crippen molar-refractivity contribution in [1.82, 2.24) is 4.98 Å². The van der Waals surface area contributed by atoms with Crippen LogP contribution in [0.1, 0.15) is 30.2 Å². The Kier molecular flexibility index (Phi) is 5.57. The lowest BCUT2D eigenvalue weighted by molar-refractivity contribution is 0.281. The number of aliphatic hydroxyl groups is 1. The molecule has 0 saturated heterocycles. The highest BCUT2D eigenvalue weighted by Crippen LogP contribution is 2.23. The summed E-state index contributed by atoms with van der Waals surface area (Å²) in [6.45, 7) is 3.01. The lowest BCUT2D eigenvalue weighted by atomic mass is 10.1. The molecule has 3 nitrogen and oxygen atoms in total. The molecule has 0 aromatic carbocycles. The molecule has 0 radical (unpaired) electrons. The first-order chi connectivity index (χ1) is 9.62. The Morgan fingerprint density at radius 1 is 1.30 bits per heavy atom. The maximum absolute atomic E-state index is 9.38. The number of rotatable bonds is 6. The van der Waals surface area contributed by atoms with Crippen LogP contribution in [0.25, 0.3) is 0 Å². The minimum Gasteiger partial charge on any atom is -0.392 e. The smallest absolute Gasteiger partial charge is 0.129 e. The summed E-state index contributed by atoms with van der Waals surface area (Å²) in [5.41, 5.74) is 3.24. The van der Waals surface area contributed by atoms with Gasteiger partial charge in [0.15, 0.2) is 0 Å². The van der Waals surface area contributed by atoms with Gasteiger partial charge in [0.05, 0.1) is 10.4 Å². The van der Waals surface area contributed by atoms with Crippen LogP contribution in [-0.4, -0.2) is 17.1 Å². The third-order valence-corrected chi connectivity index (χ3v) is 4.60. The fraction of sp³-hybridized carbons (Fsp3) is 0.400. The van der Waals surface area contributed by atoms with Gasteiger partial charge < -0.3 is 10.0 Å². The lowest BCUT2D eigenvalue weighted by Crippen LogP contribution is -2.18. The van der Waals surface area contributed by atoms with Gasteiger partial charge in [-0.2, -0.15) is 0 Å². The van der Waals surface area contributed by atoms with E-state index in [1.807, 2.05) is 19.2 Å². The van der Waals surface area contributed by atoms with Gasteiger partial charge in [0, 0.05) is 19.3 Å². The van der Waals surface area contributed by atoms with Crippen LogP contribution in [0.3, 0.4) is 0 Å². The molecular formula is C15H19BrN2OS. The second-order valence-electron chi connectivity index (χ2n) is 4.85. The highest BCUT2D eigenvalue weighted by Gasteiger charge is 2.08. The van der Waals surface area contributed by atoms with Crippen molar-refractivity contribution in [2.75, 3.05) is 11.9 Å². The van der Waals surface area contributed by atoms with Crippen LogP contribution in [-0.2, 0) is 19.6 Å². The normalized spacial score (nSPS) is 10.8. The lowest BCUT2D eigenvalue weighted by Gasteiger charge is -2.19. The molecule has 0 aliphatic heterocycles. The first-order valence-electron chi connectivity index (χ1n) is 6.67. The van der Waals surface area contributed by atoms with E-state index in [4.69, 9.17) is 0 Å². The monoisotopic (exact) mass is 354 g/mol. The van der Waals surface area contributed by atoms with E-state index in [9.17, 15) is 5.11 Å². The van der Waals surface area contributed by atoms with Crippen LogP contribution in [0.5, 0.6) is 0 Å². The van der Waals surface area contributed by atoms with E-state index in [0.717, 1.165) is 40.2 Å². The van der Waals surface area contributed by atoms with Crippen LogP contribution < -0.4 is 4.90 Å². The summed E-state index contributed by atoms with van der Waals surface area (Å²) in [5.74, 6) is 0.919. The third kappa shape index (κ3) is 4.04. The van der Waals surface area contributed by atoms with Crippen LogP contribution in [0.4, 0.5) is 5.82 Å². The molecule has 0 aliphatic carbocycles. The van der Waals surface area contributed by atoms with Crippen molar-refractivity contribution in [2.24, 2.45) is 0 Å². The zero-order chi connectivity index (χ0) is 14.5. The summed E-state index contributed by atoms with van der Waals surface area (Å²) in [7, 11) is 2.03. The van der Waals surface area contributed by atoms with Gasteiger partial charge in [-0.3, -0.25) is 0 Å². The summed E-state index contributed by atoms with van der Waals surface area (Å²) in [6.07, 6.45) is 2.00. The minimum atomic E-state index is 0.0596. The molecule has 0 unspecified atom stereocenters. The number of pyridine rings is 1. The number of nitrogens with zero attached hydrogens (tertiary/aromatic N) is 2. The van der Waals surface area contributed by atoms with Gasteiger partial charge in [0.2, 0.25) is 0 Å². The first kappa shape index (κ1) is 15.5. The number of halogens is 1. The van der Waals surface area contributed by atoms with Crippen molar-refractivity contribution in [3.8, 4) is 0 Å². The maximum atomic E-state index is 9.38. The van der Waals surface area contributed by atoms with Crippen molar-refractivity contribution >= 4 is 33.1 Å². The van der Waals surface area contributed by atoms with E-state index < -0.39 is 0 Å². The Morgan fingerprint density at radius 3 is 2.70 bits per heavy atom. The number of aromatic nitrogens is 1. The molecular weight excluding hydrogens is 336 g/mol. The number of thiophene rings is 1. The molecule has 0 spiro atoms. The fourth-order valence-electron chi connectivity index (χ4n) is 2.09. The molecule has 0 bridgehead atoms. The molecule has 2 aromatic heterocycles. The average molecular weight is 355 g/mol. The second kappa shape index (κ2) is 7.20. The largest absolute Gasteiger partial charge is 0.392 e. The Hall–Kier alpha value is -0.910. The van der Waals surface area contributed by atoms with E-state index in [0.29, 0.717) is 0 Å². The number of aryl methyl sites for hydroxylation is 1. The highest BCUT2D eigenvalue weighted by molar-refractivity contribution is 9.11. The van der Waals surface area contributed by atoms with Crippen molar-refractivity contribution in [3.05, 3.63) is 44.2 Å². The van der Waals surface area contributed by atoms with Crippen molar-refractivity contribution in [2.45, 2.75) is 32.9 Å². The summed E-state index contributed by atoms with van der Waals surface area (Å²) >= 11 is 5.17. The van der Waals surface area contributed by atoms with Crippen molar-refractivity contribution in [3.63, 3.8) is 0 Å². The molecule has 2 heterocycles. The Labute approximate surface area is 132 Å². The quantitative estimate of drug-likeness (QED) is 0.851. The molecule has 0 aliphatic rings. The van der Waals surface area contributed by atoms with Crippen LogP contribution in [0.2, 0.25) is 0 Å². The van der Waals surface area contributed by atoms with Crippen LogP contribution >= 0.6 is 27.3 Å². The van der Waals surface area contributed by atoms with E-state index in [1.54, 1.807) is 11.3 Å². The summed E-state index contributed by atoms with van der Waals surface area (Å²) in [6, 6.07) is 6.08. The zero-order valence-electron chi connectivity index (χ0n) is 11.8. The van der Waals surface area contributed by atoms with E-state index in [2.05, 4.69) is 44.2 Å². The predicted octanol–water partition coefficient (Wildman–Crippen LogP) is 3.99. The first-order valence-corrected chi connectivity index (χ1v) is 8.34. The molecule has 5 heteroatoms. The van der Waals surface area contributed by atoms with E-state index in [-0.39, 0.29) is 6.61 Å². The highest BCUT2D eigenvalue weighted by atomic mass is 79.9. The molecule has 0 fully saturated rings. The molecule has 1 N–H and O–H groups in total. The summed E-state index contributed by atoms with van der Waals surface area (Å²) in [5, 5.41) is 11.5. The molecule has 0 atom stereocenters. The van der Waals surface area contributed by atoms with Crippen LogP contribution in [0.15, 0.2) is 27.4 Å². The van der Waals surface area contributed by atoms with Crippen LogP contribution in [0, 0.1) is 0 Å². The average Bonchev–Trinajstić information content (AvgIpc) is 2.84. The van der Waals surface area contributed by atoms with Gasteiger partial charge in [-0.25, -0.2) is 4.98 Å². The molecule has 108 valence electrons. The molecule has 0 amide bonds. The SMILES string of the molecule is CCCc1cc(CO)cc(N(C)Cc2csc(Br)c2)n1. The zero-order valence-corrected chi connectivity index (χ0v) is 14.2. The van der Waals surface area contributed by atoms with Gasteiger partial charge in [-0.1, -0.05) is 13.3 Å². The third-order valence-electron chi connectivity index (χ3n) is 3.05. The Balaban J connectivity index is 2.19. The van der Waals surface area contributed by atoms with Gasteiger partial charge in [-0.15, -0.1) is 11.3 Å². The summed E-state index contributed by atoms with van der Waals surface area (Å²) in [4.78, 5) is 6.80. The number of hydrogen-bond acceptors (Lipinski definition) is 4. The molecule has 0 saturated carbocycles. The minimum absolute atomic E-state index is 0.0596. The van der Waals surface area contributed by atoms with Gasteiger partial charge in [-0.05, 0) is 57.1 Å². The van der Waals surface area contributed by atoms with E-state index in [1.165, 1.54) is 5.56 Å². The maximum Gasteiger partial charge on any atom is 0.129 e. The topological polar surface area (TPSA) is 36.4 Å². The Bertz CT molecular complexity index is 571.